The molecule has 0 unspecified atom stereocenters. The molecule has 2 aromatic carbocycles. The zero-order chi connectivity index (χ0) is 18.5. The molecule has 1 aliphatic rings. The van der Waals surface area contributed by atoms with E-state index in [0.29, 0.717) is 33.7 Å². The van der Waals surface area contributed by atoms with Crippen LogP contribution in [0.5, 0.6) is 28.7 Å². The maximum Gasteiger partial charge on any atom is 0.347 e. The van der Waals surface area contributed by atoms with E-state index < -0.39 is 11.7 Å². The Morgan fingerprint density at radius 3 is 2.36 bits per heavy atom. The van der Waals surface area contributed by atoms with Crippen LogP contribution in [0.4, 0.5) is 0 Å². The molecule has 7 heteroatoms. The summed E-state index contributed by atoms with van der Waals surface area (Å²) in [6.07, 6.45) is 0.505. The van der Waals surface area contributed by atoms with E-state index in [2.05, 4.69) is 0 Å². The fourth-order valence-corrected chi connectivity index (χ4v) is 3.12. The molecule has 0 atom stereocenters. The number of aryl methyl sites for hydroxylation is 1. The van der Waals surface area contributed by atoms with Crippen LogP contribution in [-0.4, -0.2) is 24.5 Å². The van der Waals surface area contributed by atoms with Gasteiger partial charge in [-0.05, 0) is 32.4 Å². The summed E-state index contributed by atoms with van der Waals surface area (Å²) in [5.41, 5.74) is 1.46. The fraction of sp³-hybridized carbons (Fsp3) is 0.222. The summed E-state index contributed by atoms with van der Waals surface area (Å²) in [6.45, 7) is 4.96. The number of halogens is 1. The zero-order valence-corrected chi connectivity index (χ0v) is 14.8. The van der Waals surface area contributed by atoms with E-state index in [9.17, 15) is 14.7 Å². The summed E-state index contributed by atoms with van der Waals surface area (Å²) >= 11 is 6.31. The van der Waals surface area contributed by atoms with Crippen LogP contribution in [0.25, 0.3) is 0 Å². The third-order valence-corrected chi connectivity index (χ3v) is 4.65. The van der Waals surface area contributed by atoms with E-state index in [4.69, 9.17) is 25.8 Å². The van der Waals surface area contributed by atoms with Crippen molar-refractivity contribution in [2.75, 3.05) is 7.11 Å². The molecule has 6 nitrogen and oxygen atoms in total. The first-order chi connectivity index (χ1) is 11.8. The summed E-state index contributed by atoms with van der Waals surface area (Å²) < 4.78 is 16.6. The van der Waals surface area contributed by atoms with Crippen molar-refractivity contribution in [1.82, 2.24) is 0 Å². The summed E-state index contributed by atoms with van der Waals surface area (Å²) in [7, 11) is 1.46. The minimum absolute atomic E-state index is 0.0192. The van der Waals surface area contributed by atoms with Crippen molar-refractivity contribution in [3.05, 3.63) is 38.9 Å². The van der Waals surface area contributed by atoms with E-state index in [1.165, 1.54) is 13.2 Å². The molecule has 0 saturated carbocycles. The number of benzene rings is 2. The number of rotatable bonds is 2. The lowest BCUT2D eigenvalue weighted by atomic mass is 10.0. The average Bonchev–Trinajstić information content (AvgIpc) is 2.72. The van der Waals surface area contributed by atoms with Gasteiger partial charge in [0.2, 0.25) is 0 Å². The molecular weight excluding hydrogens is 348 g/mol. The number of aromatic hydroxyl groups is 1. The Morgan fingerprint density at radius 2 is 1.76 bits per heavy atom. The van der Waals surface area contributed by atoms with E-state index in [-0.39, 0.29) is 28.4 Å². The van der Waals surface area contributed by atoms with Gasteiger partial charge in [0.25, 0.3) is 0 Å². The first kappa shape index (κ1) is 17.1. The van der Waals surface area contributed by atoms with E-state index in [0.717, 1.165) is 0 Å². The highest BCUT2D eigenvalue weighted by molar-refractivity contribution is 6.33. The van der Waals surface area contributed by atoms with Crippen molar-refractivity contribution in [2.24, 2.45) is 0 Å². The summed E-state index contributed by atoms with van der Waals surface area (Å²) in [5, 5.41) is 10.7. The van der Waals surface area contributed by atoms with Crippen molar-refractivity contribution in [2.45, 2.75) is 20.8 Å². The predicted octanol–water partition coefficient (Wildman–Crippen LogP) is 4.12. The lowest BCUT2D eigenvalue weighted by Crippen LogP contribution is -2.09. The van der Waals surface area contributed by atoms with E-state index >= 15 is 0 Å². The Bertz CT molecular complexity index is 932. The van der Waals surface area contributed by atoms with Crippen LogP contribution in [-0.2, 0) is 0 Å². The molecule has 0 amide bonds. The third-order valence-electron chi connectivity index (χ3n) is 4.20. The molecule has 0 aliphatic carbocycles. The van der Waals surface area contributed by atoms with Gasteiger partial charge in [-0.15, -0.1) is 0 Å². The summed E-state index contributed by atoms with van der Waals surface area (Å²) in [5.74, 6) is -0.555. The van der Waals surface area contributed by atoms with Crippen molar-refractivity contribution < 1.29 is 28.9 Å². The van der Waals surface area contributed by atoms with Crippen LogP contribution in [0.1, 0.15) is 37.4 Å². The molecule has 0 fully saturated rings. The highest BCUT2D eigenvalue weighted by atomic mass is 35.5. The van der Waals surface area contributed by atoms with E-state index in [1.807, 2.05) is 0 Å². The maximum atomic E-state index is 12.5. The molecule has 130 valence electrons. The van der Waals surface area contributed by atoms with Crippen LogP contribution >= 0.6 is 11.6 Å². The fourth-order valence-electron chi connectivity index (χ4n) is 2.82. The molecule has 1 heterocycles. The smallest absolute Gasteiger partial charge is 0.347 e. The maximum absolute atomic E-state index is 12.5. The molecule has 0 saturated heterocycles. The van der Waals surface area contributed by atoms with Gasteiger partial charge in [-0.2, -0.15) is 0 Å². The Morgan fingerprint density at radius 1 is 1.12 bits per heavy atom. The quantitative estimate of drug-likeness (QED) is 0.491. The number of aldehydes is 1. The van der Waals surface area contributed by atoms with Gasteiger partial charge in [0.05, 0.1) is 17.7 Å². The van der Waals surface area contributed by atoms with Gasteiger partial charge < -0.3 is 19.3 Å². The lowest BCUT2D eigenvalue weighted by Gasteiger charge is -2.17. The number of hydrogen-bond acceptors (Lipinski definition) is 6. The highest BCUT2D eigenvalue weighted by Gasteiger charge is 2.32. The number of phenolic OH excluding ortho intramolecular Hbond substituents is 1. The van der Waals surface area contributed by atoms with Gasteiger partial charge in [-0.1, -0.05) is 11.6 Å². The van der Waals surface area contributed by atoms with Gasteiger partial charge in [0.15, 0.2) is 29.3 Å². The molecule has 2 aromatic rings. The van der Waals surface area contributed by atoms with Crippen molar-refractivity contribution in [3.63, 3.8) is 0 Å². The third kappa shape index (κ3) is 2.41. The lowest BCUT2D eigenvalue weighted by molar-refractivity contribution is 0.0735. The van der Waals surface area contributed by atoms with Gasteiger partial charge >= 0.3 is 5.97 Å². The van der Waals surface area contributed by atoms with Crippen molar-refractivity contribution in [1.29, 1.82) is 0 Å². The van der Waals surface area contributed by atoms with Crippen LogP contribution in [0, 0.1) is 20.8 Å². The standard InChI is InChI=1S/C18H15ClO6/c1-7-5-10-17(13(21)11(7)6-20)24-15-8(2)12(19)14(23-4)9(3)16(15)25-18(10)22/h5-6,21H,1-4H3. The van der Waals surface area contributed by atoms with Crippen LogP contribution in [0.2, 0.25) is 5.02 Å². The van der Waals surface area contributed by atoms with Crippen molar-refractivity contribution in [3.8, 4) is 28.7 Å². The second kappa shape index (κ2) is 5.97. The minimum atomic E-state index is -0.712. The average molecular weight is 363 g/mol. The molecule has 25 heavy (non-hydrogen) atoms. The molecule has 0 spiro atoms. The summed E-state index contributed by atoms with van der Waals surface area (Å²) in [4.78, 5) is 23.8. The van der Waals surface area contributed by atoms with E-state index in [1.54, 1.807) is 20.8 Å². The van der Waals surface area contributed by atoms with Crippen molar-refractivity contribution >= 4 is 23.9 Å². The molecule has 1 aliphatic heterocycles. The van der Waals surface area contributed by atoms with Crippen LogP contribution < -0.4 is 14.2 Å². The molecule has 0 bridgehead atoms. The number of carbonyl (C=O) groups is 2. The minimum Gasteiger partial charge on any atom is -0.504 e. The largest absolute Gasteiger partial charge is 0.504 e. The number of hydrogen-bond donors (Lipinski definition) is 1. The molecule has 0 radical (unpaired) electrons. The molecule has 1 N–H and O–H groups in total. The Kier molecular flexibility index (Phi) is 4.08. The second-order valence-corrected chi connectivity index (χ2v) is 6.08. The highest BCUT2D eigenvalue weighted by Crippen LogP contribution is 2.51. The van der Waals surface area contributed by atoms with Gasteiger partial charge in [0.1, 0.15) is 11.3 Å². The van der Waals surface area contributed by atoms with Gasteiger partial charge in [-0.25, -0.2) is 4.79 Å². The topological polar surface area (TPSA) is 82.1 Å². The number of esters is 1. The molecule has 0 aromatic heterocycles. The predicted molar refractivity (Wildman–Crippen MR) is 90.7 cm³/mol. The van der Waals surface area contributed by atoms with Crippen LogP contribution in [0.15, 0.2) is 6.07 Å². The van der Waals surface area contributed by atoms with Crippen LogP contribution in [0.3, 0.4) is 0 Å². The number of phenols is 1. The van der Waals surface area contributed by atoms with Gasteiger partial charge in [0, 0.05) is 11.1 Å². The number of carbonyl (C=O) groups excluding carboxylic acids is 2. The zero-order valence-electron chi connectivity index (χ0n) is 14.0. The second-order valence-electron chi connectivity index (χ2n) is 5.70. The number of methoxy groups -OCH3 is 1. The molecular formula is C18H15ClO6. The van der Waals surface area contributed by atoms with Gasteiger partial charge in [-0.3, -0.25) is 4.79 Å². The Hall–Kier alpha value is -2.73. The molecule has 3 rings (SSSR count). The normalized spacial score (nSPS) is 12.4. The Balaban J connectivity index is 2.35. The summed E-state index contributed by atoms with van der Waals surface area (Å²) in [6, 6.07) is 1.44. The number of fused-ring (bicyclic) bond motifs is 2. The first-order valence-electron chi connectivity index (χ1n) is 7.40. The Labute approximate surface area is 148 Å². The monoisotopic (exact) mass is 362 g/mol. The first-order valence-corrected chi connectivity index (χ1v) is 7.78. The SMILES string of the molecule is COc1c(C)c2c(c(C)c1Cl)Oc1c(cc(C)c(C=O)c1O)C(=O)O2. The number of ether oxygens (including phenoxy) is 3.